The minimum atomic E-state index is -1.75. The summed E-state index contributed by atoms with van der Waals surface area (Å²) in [6.07, 6.45) is -4.34. The molecule has 2 aromatic rings. The highest BCUT2D eigenvalue weighted by molar-refractivity contribution is 5.70. The maximum Gasteiger partial charge on any atom is 0.280 e. The number of imidazole rings is 1. The molecule has 0 bridgehead atoms. The van der Waals surface area contributed by atoms with Crippen LogP contribution in [0.4, 0.5) is 10.3 Å². The first-order chi connectivity index (χ1) is 9.52. The molecular formula is C10H12FN5O4. The van der Waals surface area contributed by atoms with Gasteiger partial charge in [0.25, 0.3) is 5.56 Å². The SMILES string of the molecule is Nc1nc2c(ncn2C2OC(CO)C(F)[C@@H]2O)c(=O)[nH]1. The number of hydrogen-bond acceptors (Lipinski definition) is 7. The first-order valence-electron chi connectivity index (χ1n) is 5.83. The molecule has 3 heterocycles. The number of fused-ring (bicyclic) bond motifs is 1. The number of aromatic nitrogens is 4. The number of nitrogen functional groups attached to an aromatic ring is 1. The highest BCUT2D eigenvalue weighted by Gasteiger charge is 2.45. The number of rotatable bonds is 2. The van der Waals surface area contributed by atoms with Crippen molar-refractivity contribution in [3.63, 3.8) is 0 Å². The Balaban J connectivity index is 2.09. The third-order valence-electron chi connectivity index (χ3n) is 3.19. The summed E-state index contributed by atoms with van der Waals surface area (Å²) in [4.78, 5) is 21.6. The molecule has 0 spiro atoms. The molecule has 0 amide bonds. The third-order valence-corrected chi connectivity index (χ3v) is 3.19. The number of aliphatic hydroxyl groups excluding tert-OH is 2. The normalized spacial score (nSPS) is 30.1. The van der Waals surface area contributed by atoms with E-state index in [0.29, 0.717) is 0 Å². The zero-order chi connectivity index (χ0) is 14.4. The van der Waals surface area contributed by atoms with Crippen LogP contribution in [0.25, 0.3) is 11.2 Å². The average Bonchev–Trinajstić information content (AvgIpc) is 2.93. The van der Waals surface area contributed by atoms with Crippen LogP contribution in [0.1, 0.15) is 6.23 Å². The Labute approximate surface area is 110 Å². The van der Waals surface area contributed by atoms with Gasteiger partial charge in [-0.05, 0) is 0 Å². The van der Waals surface area contributed by atoms with Crippen molar-refractivity contribution >= 4 is 17.1 Å². The van der Waals surface area contributed by atoms with Gasteiger partial charge in [0, 0.05) is 0 Å². The van der Waals surface area contributed by atoms with Crippen LogP contribution >= 0.6 is 0 Å². The summed E-state index contributed by atoms with van der Waals surface area (Å²) >= 11 is 0. The molecule has 3 unspecified atom stereocenters. The smallest absolute Gasteiger partial charge is 0.280 e. The zero-order valence-electron chi connectivity index (χ0n) is 10.1. The summed E-state index contributed by atoms with van der Waals surface area (Å²) in [6.45, 7) is -0.572. The molecule has 9 nitrogen and oxygen atoms in total. The van der Waals surface area contributed by atoms with E-state index in [1.54, 1.807) is 0 Å². The van der Waals surface area contributed by atoms with Crippen molar-refractivity contribution in [2.45, 2.75) is 24.6 Å². The molecule has 0 saturated carbocycles. The number of anilines is 1. The Hall–Kier alpha value is -2.04. The standard InChI is InChI=1S/C10H12FN5O4/c11-4-3(1-17)20-9(6(4)18)16-2-13-5-7(16)14-10(12)15-8(5)19/h2-4,6,9,17-18H,1H2,(H3,12,14,15,19)/t3?,4?,6-,9?/m0/s1. The summed E-state index contributed by atoms with van der Waals surface area (Å²) in [5.74, 6) is -0.132. The predicted molar refractivity (Wildman–Crippen MR) is 64.5 cm³/mol. The van der Waals surface area contributed by atoms with Gasteiger partial charge in [-0.1, -0.05) is 0 Å². The van der Waals surface area contributed by atoms with Crippen LogP contribution in [-0.4, -0.2) is 54.7 Å². The molecule has 1 saturated heterocycles. The Kier molecular flexibility index (Phi) is 2.92. The van der Waals surface area contributed by atoms with Crippen molar-refractivity contribution in [3.8, 4) is 0 Å². The molecule has 3 rings (SSSR count). The third kappa shape index (κ3) is 1.77. The lowest BCUT2D eigenvalue weighted by Gasteiger charge is -2.15. The van der Waals surface area contributed by atoms with Gasteiger partial charge in [-0.3, -0.25) is 14.3 Å². The minimum Gasteiger partial charge on any atom is -0.394 e. The van der Waals surface area contributed by atoms with E-state index < -0.39 is 36.8 Å². The fraction of sp³-hybridized carbons (Fsp3) is 0.500. The van der Waals surface area contributed by atoms with Crippen LogP contribution < -0.4 is 11.3 Å². The molecule has 0 aromatic carbocycles. The van der Waals surface area contributed by atoms with E-state index in [1.165, 1.54) is 10.9 Å². The van der Waals surface area contributed by atoms with Gasteiger partial charge >= 0.3 is 0 Å². The highest BCUT2D eigenvalue weighted by atomic mass is 19.1. The van der Waals surface area contributed by atoms with Crippen molar-refractivity contribution in [2.75, 3.05) is 12.3 Å². The average molecular weight is 285 g/mol. The van der Waals surface area contributed by atoms with Crippen LogP contribution in [0.5, 0.6) is 0 Å². The van der Waals surface area contributed by atoms with E-state index in [-0.39, 0.29) is 17.1 Å². The topological polar surface area (TPSA) is 139 Å². The maximum atomic E-state index is 13.7. The van der Waals surface area contributed by atoms with E-state index >= 15 is 0 Å². The number of aromatic amines is 1. The first kappa shape index (κ1) is 13.0. The van der Waals surface area contributed by atoms with E-state index in [1.807, 2.05) is 0 Å². The zero-order valence-corrected chi connectivity index (χ0v) is 10.1. The number of ether oxygens (including phenoxy) is 1. The number of alkyl halides is 1. The number of aliphatic hydroxyl groups is 2. The van der Waals surface area contributed by atoms with Crippen molar-refractivity contribution < 1.29 is 19.3 Å². The lowest BCUT2D eigenvalue weighted by molar-refractivity contribution is -0.0495. The van der Waals surface area contributed by atoms with Gasteiger partial charge in [-0.15, -0.1) is 0 Å². The van der Waals surface area contributed by atoms with E-state index in [9.17, 15) is 14.3 Å². The number of hydrogen-bond donors (Lipinski definition) is 4. The van der Waals surface area contributed by atoms with Crippen LogP contribution in [0.15, 0.2) is 11.1 Å². The number of halogens is 1. The second-order valence-electron chi connectivity index (χ2n) is 4.46. The minimum absolute atomic E-state index is 0.00198. The summed E-state index contributed by atoms with van der Waals surface area (Å²) in [6, 6.07) is 0. The van der Waals surface area contributed by atoms with Crippen molar-refractivity contribution in [1.29, 1.82) is 0 Å². The van der Waals surface area contributed by atoms with Crippen LogP contribution in [0.3, 0.4) is 0 Å². The molecule has 1 aliphatic heterocycles. The van der Waals surface area contributed by atoms with Gasteiger partial charge in [0.05, 0.1) is 12.9 Å². The molecule has 1 aliphatic rings. The van der Waals surface area contributed by atoms with Gasteiger partial charge < -0.3 is 20.7 Å². The molecular weight excluding hydrogens is 273 g/mol. The number of nitrogens with one attached hydrogen (secondary N) is 1. The molecule has 5 N–H and O–H groups in total. The molecule has 10 heteroatoms. The van der Waals surface area contributed by atoms with Crippen molar-refractivity contribution in [3.05, 3.63) is 16.7 Å². The lowest BCUT2D eigenvalue weighted by atomic mass is 10.1. The fourth-order valence-corrected chi connectivity index (χ4v) is 2.21. The predicted octanol–water partition coefficient (Wildman–Crippen LogP) is -1.71. The molecule has 108 valence electrons. The highest BCUT2D eigenvalue weighted by Crippen LogP contribution is 2.32. The summed E-state index contributed by atoms with van der Waals surface area (Å²) in [7, 11) is 0. The monoisotopic (exact) mass is 285 g/mol. The second-order valence-corrected chi connectivity index (χ2v) is 4.46. The fourth-order valence-electron chi connectivity index (χ4n) is 2.21. The van der Waals surface area contributed by atoms with Crippen molar-refractivity contribution in [2.24, 2.45) is 0 Å². The Bertz CT molecular complexity index is 701. The first-order valence-corrected chi connectivity index (χ1v) is 5.83. The Morgan fingerprint density at radius 1 is 1.60 bits per heavy atom. The molecule has 0 aliphatic carbocycles. The number of H-pyrrole nitrogens is 1. The summed E-state index contributed by atoms with van der Waals surface area (Å²) < 4.78 is 20.1. The Morgan fingerprint density at radius 2 is 2.35 bits per heavy atom. The van der Waals surface area contributed by atoms with Crippen LogP contribution in [0.2, 0.25) is 0 Å². The number of nitrogens with zero attached hydrogens (tertiary/aromatic N) is 3. The van der Waals surface area contributed by atoms with Crippen LogP contribution in [0, 0.1) is 0 Å². The lowest BCUT2D eigenvalue weighted by Crippen LogP contribution is -2.29. The number of nitrogens with two attached hydrogens (primary N) is 1. The van der Waals surface area contributed by atoms with Gasteiger partial charge in [0.1, 0.15) is 12.2 Å². The molecule has 1 fully saturated rings. The van der Waals surface area contributed by atoms with E-state index in [2.05, 4.69) is 15.0 Å². The molecule has 20 heavy (non-hydrogen) atoms. The largest absolute Gasteiger partial charge is 0.394 e. The Morgan fingerprint density at radius 3 is 3.00 bits per heavy atom. The quantitative estimate of drug-likeness (QED) is 0.515. The van der Waals surface area contributed by atoms with Gasteiger partial charge in [-0.25, -0.2) is 9.37 Å². The van der Waals surface area contributed by atoms with Gasteiger partial charge in [-0.2, -0.15) is 4.98 Å². The van der Waals surface area contributed by atoms with Crippen LogP contribution in [-0.2, 0) is 4.74 Å². The summed E-state index contributed by atoms with van der Waals surface area (Å²) in [5.41, 5.74) is 4.96. The molecule has 2 aromatic heterocycles. The van der Waals surface area contributed by atoms with Gasteiger partial charge in [0.15, 0.2) is 23.6 Å². The van der Waals surface area contributed by atoms with E-state index in [4.69, 9.17) is 15.6 Å². The van der Waals surface area contributed by atoms with Crippen molar-refractivity contribution in [1.82, 2.24) is 19.5 Å². The van der Waals surface area contributed by atoms with Gasteiger partial charge in [0.2, 0.25) is 5.95 Å². The molecule has 0 radical (unpaired) electrons. The van der Waals surface area contributed by atoms with E-state index in [0.717, 1.165) is 0 Å². The summed E-state index contributed by atoms with van der Waals surface area (Å²) in [5, 5.41) is 18.8. The molecule has 4 atom stereocenters. The second kappa shape index (κ2) is 4.51. The maximum absolute atomic E-state index is 13.7.